The summed E-state index contributed by atoms with van der Waals surface area (Å²) >= 11 is 1.61. The van der Waals surface area contributed by atoms with Crippen molar-refractivity contribution in [3.05, 3.63) is 109 Å². The molecule has 0 saturated carbocycles. The highest BCUT2D eigenvalue weighted by atomic mass is 32.1. The summed E-state index contributed by atoms with van der Waals surface area (Å²) in [5.41, 5.74) is 5.73. The van der Waals surface area contributed by atoms with Crippen LogP contribution in [0.1, 0.15) is 30.4 Å². The first-order valence-corrected chi connectivity index (χ1v) is 14.2. The number of hydrogen-bond donors (Lipinski definition) is 0. The van der Waals surface area contributed by atoms with Crippen LogP contribution >= 0.6 is 11.3 Å². The number of para-hydroxylation sites is 2. The molecule has 4 aromatic carbocycles. The molecule has 7 rings (SSSR count). The Balaban J connectivity index is 1.28. The number of thiophene rings is 1. The van der Waals surface area contributed by atoms with Crippen LogP contribution in [-0.4, -0.2) is 18.6 Å². The van der Waals surface area contributed by atoms with Crippen LogP contribution in [0, 0.1) is 0 Å². The zero-order valence-corrected chi connectivity index (χ0v) is 23.5. The molecule has 0 saturated heterocycles. The summed E-state index contributed by atoms with van der Waals surface area (Å²) in [6.45, 7) is 4.65. The van der Waals surface area contributed by atoms with Crippen LogP contribution in [-0.2, 0) is 5.41 Å². The van der Waals surface area contributed by atoms with Crippen LogP contribution in [0.25, 0.3) is 32.1 Å². The van der Waals surface area contributed by atoms with E-state index in [9.17, 15) is 0 Å². The highest BCUT2D eigenvalue weighted by Gasteiger charge is 2.24. The lowest BCUT2D eigenvalue weighted by molar-refractivity contribution is 0.497. The molecule has 0 unspecified atom stereocenters. The highest BCUT2D eigenvalue weighted by molar-refractivity contribution is 7.21. The third kappa shape index (κ3) is 4.27. The second kappa shape index (κ2) is 9.39. The third-order valence-corrected chi connectivity index (χ3v) is 8.46. The minimum Gasteiger partial charge on any atom is -0.447 e. The van der Waals surface area contributed by atoms with Crippen molar-refractivity contribution < 1.29 is 8.85 Å². The van der Waals surface area contributed by atoms with Gasteiger partial charge in [-0.15, -0.1) is 0 Å². The van der Waals surface area contributed by atoms with Crippen LogP contribution in [0.5, 0.6) is 10.8 Å². The summed E-state index contributed by atoms with van der Waals surface area (Å²) < 4.78 is 31.7. The molecule has 0 spiro atoms. The summed E-state index contributed by atoms with van der Waals surface area (Å²) in [5, 5.41) is 4.21. The summed E-state index contributed by atoms with van der Waals surface area (Å²) in [6, 6.07) is 32.5. The molecule has 0 amide bonds. The van der Waals surface area contributed by atoms with Crippen molar-refractivity contribution in [2.75, 3.05) is 23.4 Å². The normalized spacial score (nSPS) is 14.7. The number of hydrogen-bond acceptors (Lipinski definition) is 5. The minimum atomic E-state index is -2.24. The Morgan fingerprint density at radius 2 is 1.68 bits per heavy atom. The molecule has 0 aliphatic carbocycles. The number of rotatable bonds is 4. The molecule has 1 aliphatic heterocycles. The number of ether oxygens (including phenoxy) is 1. The Bertz CT molecular complexity index is 1990. The van der Waals surface area contributed by atoms with Gasteiger partial charge in [-0.25, -0.2) is 0 Å². The SMILES string of the molecule is [2H]C([2H])([2H])N1CN(c2cccc(Oc3cc4c(-c5cc(C(C)(C)C)ccn5)c5ccccc5cc4s3)c2)c2ccccc21. The first kappa shape index (κ1) is 21.5. The molecule has 4 nitrogen and oxygen atoms in total. The largest absolute Gasteiger partial charge is 0.447 e. The van der Waals surface area contributed by atoms with Gasteiger partial charge in [0.15, 0.2) is 5.06 Å². The lowest BCUT2D eigenvalue weighted by Crippen LogP contribution is -2.23. The summed E-state index contributed by atoms with van der Waals surface area (Å²) in [7, 11) is 0. The second-order valence-corrected chi connectivity index (χ2v) is 12.3. The first-order chi connectivity index (χ1) is 20.6. The van der Waals surface area contributed by atoms with Crippen molar-refractivity contribution in [2.24, 2.45) is 0 Å². The fourth-order valence-electron chi connectivity index (χ4n) is 5.45. The van der Waals surface area contributed by atoms with E-state index in [1.807, 2.05) is 59.6 Å². The van der Waals surface area contributed by atoms with Crippen LogP contribution < -0.4 is 14.5 Å². The lowest BCUT2D eigenvalue weighted by Gasteiger charge is -2.20. The quantitative estimate of drug-likeness (QED) is 0.221. The minimum absolute atomic E-state index is 0.00566. The monoisotopic (exact) mass is 544 g/mol. The van der Waals surface area contributed by atoms with Gasteiger partial charge in [0.25, 0.3) is 0 Å². The van der Waals surface area contributed by atoms with Gasteiger partial charge >= 0.3 is 0 Å². The van der Waals surface area contributed by atoms with E-state index in [0.29, 0.717) is 11.4 Å². The van der Waals surface area contributed by atoms with E-state index in [-0.39, 0.29) is 12.1 Å². The summed E-state index contributed by atoms with van der Waals surface area (Å²) in [6.07, 6.45) is 1.91. The maximum absolute atomic E-state index is 8.04. The van der Waals surface area contributed by atoms with Crippen molar-refractivity contribution >= 4 is 49.3 Å². The molecule has 0 atom stereocenters. The van der Waals surface area contributed by atoms with Crippen molar-refractivity contribution in [3.63, 3.8) is 0 Å². The van der Waals surface area contributed by atoms with E-state index in [4.69, 9.17) is 13.8 Å². The number of aromatic nitrogens is 1. The van der Waals surface area contributed by atoms with E-state index >= 15 is 0 Å². The molecule has 1 aliphatic rings. The number of benzene rings is 4. The molecule has 0 N–H and O–H groups in total. The average molecular weight is 545 g/mol. The maximum atomic E-state index is 8.04. The summed E-state index contributed by atoms with van der Waals surface area (Å²) in [5.74, 6) is 0.688. The summed E-state index contributed by atoms with van der Waals surface area (Å²) in [4.78, 5) is 8.30. The number of pyridine rings is 1. The van der Waals surface area contributed by atoms with Crippen molar-refractivity contribution in [1.29, 1.82) is 0 Å². The Hall–Kier alpha value is -4.35. The van der Waals surface area contributed by atoms with Gasteiger partial charge in [0, 0.05) is 50.8 Å². The van der Waals surface area contributed by atoms with Gasteiger partial charge in [0.2, 0.25) is 0 Å². The van der Waals surface area contributed by atoms with E-state index < -0.39 is 6.98 Å². The molecule has 3 heterocycles. The molecule has 40 heavy (non-hydrogen) atoms. The predicted octanol–water partition coefficient (Wildman–Crippen LogP) is 9.75. The lowest BCUT2D eigenvalue weighted by atomic mass is 9.86. The van der Waals surface area contributed by atoms with Gasteiger partial charge in [0.1, 0.15) is 5.75 Å². The molecule has 2 aromatic heterocycles. The average Bonchev–Trinajstić information content (AvgIpc) is 3.57. The number of fused-ring (bicyclic) bond motifs is 3. The third-order valence-electron chi connectivity index (χ3n) is 7.50. The molecular weight excluding hydrogens is 510 g/mol. The Labute approximate surface area is 243 Å². The van der Waals surface area contributed by atoms with Gasteiger partial charge in [-0.1, -0.05) is 74.6 Å². The Kier molecular flexibility index (Phi) is 5.04. The van der Waals surface area contributed by atoms with Gasteiger partial charge in [-0.2, -0.15) is 0 Å². The van der Waals surface area contributed by atoms with E-state index in [0.717, 1.165) is 48.6 Å². The van der Waals surface area contributed by atoms with Crippen LogP contribution in [0.2, 0.25) is 0 Å². The predicted molar refractivity (Wildman–Crippen MR) is 170 cm³/mol. The molecule has 5 heteroatoms. The van der Waals surface area contributed by atoms with Gasteiger partial charge in [0.05, 0.1) is 23.7 Å². The van der Waals surface area contributed by atoms with Gasteiger partial charge in [-0.3, -0.25) is 4.98 Å². The molecule has 0 bridgehead atoms. The fraction of sp³-hybridized carbons (Fsp3) is 0.171. The molecular formula is C35H31N3OS. The second-order valence-electron chi connectivity index (χ2n) is 11.2. The van der Waals surface area contributed by atoms with Gasteiger partial charge < -0.3 is 14.5 Å². The zero-order chi connectivity index (χ0) is 29.9. The topological polar surface area (TPSA) is 28.6 Å². The van der Waals surface area contributed by atoms with Crippen molar-refractivity contribution in [2.45, 2.75) is 26.2 Å². The number of anilines is 3. The van der Waals surface area contributed by atoms with Crippen LogP contribution in [0.3, 0.4) is 0 Å². The molecule has 0 fully saturated rings. The first-order valence-electron chi connectivity index (χ1n) is 14.9. The Morgan fingerprint density at radius 3 is 2.52 bits per heavy atom. The highest BCUT2D eigenvalue weighted by Crippen LogP contribution is 2.45. The van der Waals surface area contributed by atoms with Crippen molar-refractivity contribution in [3.8, 4) is 22.1 Å². The smallest absolute Gasteiger partial charge is 0.182 e. The molecule has 6 aromatic rings. The van der Waals surface area contributed by atoms with E-state index in [2.05, 4.69) is 69.3 Å². The maximum Gasteiger partial charge on any atom is 0.182 e. The van der Waals surface area contributed by atoms with Crippen molar-refractivity contribution in [1.82, 2.24) is 4.98 Å². The zero-order valence-electron chi connectivity index (χ0n) is 25.7. The van der Waals surface area contributed by atoms with E-state index in [1.165, 1.54) is 10.5 Å². The van der Waals surface area contributed by atoms with Crippen LogP contribution in [0.4, 0.5) is 17.1 Å². The molecule has 0 radical (unpaired) electrons. The van der Waals surface area contributed by atoms with Crippen LogP contribution in [0.15, 0.2) is 103 Å². The molecule has 198 valence electrons. The number of nitrogens with zero attached hydrogens (tertiary/aromatic N) is 3. The Morgan fingerprint density at radius 1 is 0.850 bits per heavy atom. The standard InChI is InChI=1S/C35H31N3OS/c1-35(2,3)24-16-17-36-29(19-24)34-27-13-6-5-10-23(27)18-32-28(34)21-33(40-32)39-26-12-9-11-25(20-26)38-22-37(4)30-14-7-8-15-31(30)38/h5-21H,22H2,1-4H3/i4D3. The fourth-order valence-corrected chi connectivity index (χ4v) is 6.44. The van der Waals surface area contributed by atoms with Gasteiger partial charge in [-0.05, 0) is 64.2 Å². The van der Waals surface area contributed by atoms with E-state index in [1.54, 1.807) is 11.3 Å².